The number of carbonyl (C=O) groups excluding carboxylic acids is 2. The fourth-order valence-corrected chi connectivity index (χ4v) is 4.59. The molecule has 1 aliphatic rings. The van der Waals surface area contributed by atoms with Gasteiger partial charge in [-0.15, -0.1) is 0 Å². The maximum Gasteiger partial charge on any atom is 0.196 e. The molecular weight excluding hydrogens is 356 g/mol. The Morgan fingerprint density at radius 2 is 1.44 bits per heavy atom. The third kappa shape index (κ3) is 2.32. The van der Waals surface area contributed by atoms with E-state index in [9.17, 15) is 9.59 Å². The number of carbonyl (C=O) groups is 2. The summed E-state index contributed by atoms with van der Waals surface area (Å²) in [6.07, 6.45) is 0. The molecule has 3 aromatic carbocycles. The normalized spacial score (nSPS) is 13.7. The summed E-state index contributed by atoms with van der Waals surface area (Å²) >= 11 is 1.51. The molecule has 1 aromatic heterocycles. The summed E-state index contributed by atoms with van der Waals surface area (Å²) in [7, 11) is 1.89. The number of benzene rings is 3. The molecule has 0 fully saturated rings. The summed E-state index contributed by atoms with van der Waals surface area (Å²) in [5.41, 5.74) is 3.49. The van der Waals surface area contributed by atoms with E-state index < -0.39 is 0 Å². The predicted molar refractivity (Wildman–Crippen MR) is 106 cm³/mol. The Morgan fingerprint density at radius 3 is 2.19 bits per heavy atom. The first-order chi connectivity index (χ1) is 13.1. The van der Waals surface area contributed by atoms with E-state index in [0.29, 0.717) is 22.3 Å². The molecule has 0 atom stereocenters. The maximum atomic E-state index is 13.2. The molecule has 1 heterocycles. The molecule has 0 bridgehead atoms. The number of aryl methyl sites for hydroxylation is 1. The molecule has 0 unspecified atom stereocenters. The van der Waals surface area contributed by atoms with Crippen LogP contribution < -0.4 is 4.80 Å². The lowest BCUT2D eigenvalue weighted by Gasteiger charge is -2.18. The van der Waals surface area contributed by atoms with Gasteiger partial charge in [0.1, 0.15) is 0 Å². The van der Waals surface area contributed by atoms with Gasteiger partial charge in [-0.2, -0.15) is 0 Å². The van der Waals surface area contributed by atoms with Gasteiger partial charge < -0.3 is 4.57 Å². The van der Waals surface area contributed by atoms with E-state index in [0.717, 1.165) is 20.7 Å². The molecule has 5 rings (SSSR count). The quantitative estimate of drug-likeness (QED) is 0.443. The van der Waals surface area contributed by atoms with E-state index in [1.807, 2.05) is 48.0 Å². The third-order valence-corrected chi connectivity index (χ3v) is 5.93. The molecule has 1 aliphatic carbocycles. The van der Waals surface area contributed by atoms with Gasteiger partial charge in [0.15, 0.2) is 16.4 Å². The first-order valence-corrected chi connectivity index (χ1v) is 9.37. The smallest absolute Gasteiger partial charge is 0.196 e. The van der Waals surface area contributed by atoms with Crippen molar-refractivity contribution in [3.05, 3.63) is 93.8 Å². The second-order valence-electron chi connectivity index (χ2n) is 6.43. The number of aromatic nitrogens is 1. The van der Waals surface area contributed by atoms with Gasteiger partial charge in [-0.25, -0.2) is 4.99 Å². The zero-order valence-electron chi connectivity index (χ0n) is 14.5. The Morgan fingerprint density at radius 1 is 0.778 bits per heavy atom. The molecule has 0 spiro atoms. The van der Waals surface area contributed by atoms with Crippen LogP contribution in [-0.2, 0) is 7.05 Å². The molecule has 4 nitrogen and oxygen atoms in total. The Balaban J connectivity index is 1.82. The number of fused-ring (bicyclic) bond motifs is 4. The lowest BCUT2D eigenvalue weighted by molar-refractivity contribution is 0.0980. The highest BCUT2D eigenvalue weighted by molar-refractivity contribution is 7.16. The summed E-state index contributed by atoms with van der Waals surface area (Å²) in [6, 6.07) is 20.4. The third-order valence-electron chi connectivity index (χ3n) is 4.83. The van der Waals surface area contributed by atoms with Crippen molar-refractivity contribution in [1.29, 1.82) is 0 Å². The lowest BCUT2D eigenvalue weighted by atomic mass is 9.83. The Kier molecular flexibility index (Phi) is 3.45. The highest BCUT2D eigenvalue weighted by atomic mass is 32.1. The van der Waals surface area contributed by atoms with Crippen molar-refractivity contribution in [3.8, 4) is 0 Å². The molecule has 0 saturated carbocycles. The minimum atomic E-state index is -0.106. The zero-order valence-corrected chi connectivity index (χ0v) is 15.3. The molecule has 0 saturated heterocycles. The van der Waals surface area contributed by atoms with Crippen LogP contribution in [0.1, 0.15) is 31.8 Å². The SMILES string of the molecule is Cn1c(=Nc2ccccc2)sc2ccc3c(c21)C(=O)c1ccccc1C3=O. The van der Waals surface area contributed by atoms with Crippen LogP contribution in [0.15, 0.2) is 71.7 Å². The minimum absolute atomic E-state index is 0.102. The van der Waals surface area contributed by atoms with Gasteiger partial charge in [0.05, 0.1) is 21.5 Å². The second-order valence-corrected chi connectivity index (χ2v) is 7.44. The van der Waals surface area contributed by atoms with Gasteiger partial charge in [0, 0.05) is 23.7 Å². The number of rotatable bonds is 1. The molecule has 0 radical (unpaired) electrons. The number of ketones is 2. The number of hydrogen-bond acceptors (Lipinski definition) is 4. The molecule has 4 aromatic rings. The minimum Gasteiger partial charge on any atom is -0.319 e. The van der Waals surface area contributed by atoms with Crippen LogP contribution in [0, 0.1) is 0 Å². The van der Waals surface area contributed by atoms with E-state index in [1.54, 1.807) is 30.3 Å². The van der Waals surface area contributed by atoms with Gasteiger partial charge in [-0.05, 0) is 24.3 Å². The Bertz CT molecular complexity index is 1310. The first kappa shape index (κ1) is 15.9. The van der Waals surface area contributed by atoms with Crippen molar-refractivity contribution in [1.82, 2.24) is 4.57 Å². The average Bonchev–Trinajstić information content (AvgIpc) is 3.02. The highest BCUT2D eigenvalue weighted by Crippen LogP contribution is 2.33. The highest BCUT2D eigenvalue weighted by Gasteiger charge is 2.32. The number of hydrogen-bond donors (Lipinski definition) is 0. The van der Waals surface area contributed by atoms with E-state index in [1.165, 1.54) is 11.3 Å². The van der Waals surface area contributed by atoms with Crippen LogP contribution >= 0.6 is 11.3 Å². The maximum absolute atomic E-state index is 13.2. The van der Waals surface area contributed by atoms with E-state index in [2.05, 4.69) is 0 Å². The topological polar surface area (TPSA) is 51.4 Å². The summed E-state index contributed by atoms with van der Waals surface area (Å²) in [5.74, 6) is -0.208. The van der Waals surface area contributed by atoms with E-state index in [-0.39, 0.29) is 11.6 Å². The average molecular weight is 370 g/mol. The molecular formula is C22H14N2O2S. The van der Waals surface area contributed by atoms with Crippen molar-refractivity contribution < 1.29 is 9.59 Å². The summed E-state index contributed by atoms with van der Waals surface area (Å²) in [5, 5.41) is 0. The van der Waals surface area contributed by atoms with Crippen LogP contribution in [0.3, 0.4) is 0 Å². The van der Waals surface area contributed by atoms with Crippen molar-refractivity contribution in [3.63, 3.8) is 0 Å². The van der Waals surface area contributed by atoms with Gasteiger partial charge in [-0.1, -0.05) is 53.8 Å². The summed E-state index contributed by atoms with van der Waals surface area (Å²) in [4.78, 5) is 31.6. The molecule has 0 aliphatic heterocycles. The number of nitrogens with zero attached hydrogens (tertiary/aromatic N) is 2. The number of thiazole rings is 1. The molecule has 27 heavy (non-hydrogen) atoms. The Hall–Kier alpha value is -3.31. The molecule has 130 valence electrons. The lowest BCUT2D eigenvalue weighted by Crippen LogP contribution is -2.22. The van der Waals surface area contributed by atoms with Gasteiger partial charge in [0.2, 0.25) is 0 Å². The Labute approximate surface area is 159 Å². The second kappa shape index (κ2) is 5.86. The van der Waals surface area contributed by atoms with Gasteiger partial charge >= 0.3 is 0 Å². The summed E-state index contributed by atoms with van der Waals surface area (Å²) < 4.78 is 2.84. The van der Waals surface area contributed by atoms with Crippen LogP contribution in [-0.4, -0.2) is 16.1 Å². The molecule has 5 heteroatoms. The van der Waals surface area contributed by atoms with Crippen molar-refractivity contribution in [2.75, 3.05) is 0 Å². The monoisotopic (exact) mass is 370 g/mol. The van der Waals surface area contributed by atoms with Crippen LogP contribution in [0.25, 0.3) is 10.2 Å². The van der Waals surface area contributed by atoms with Crippen molar-refractivity contribution in [2.45, 2.75) is 0 Å². The molecule has 0 N–H and O–H groups in total. The summed E-state index contributed by atoms with van der Waals surface area (Å²) in [6.45, 7) is 0. The van der Waals surface area contributed by atoms with Crippen LogP contribution in [0.5, 0.6) is 0 Å². The van der Waals surface area contributed by atoms with Gasteiger partial charge in [0.25, 0.3) is 0 Å². The largest absolute Gasteiger partial charge is 0.319 e. The predicted octanol–water partition coefficient (Wildman–Crippen LogP) is 4.25. The van der Waals surface area contributed by atoms with Gasteiger partial charge in [-0.3, -0.25) is 9.59 Å². The fourth-order valence-electron chi connectivity index (χ4n) is 3.54. The van der Waals surface area contributed by atoms with E-state index >= 15 is 0 Å². The first-order valence-electron chi connectivity index (χ1n) is 8.56. The van der Waals surface area contributed by atoms with E-state index in [4.69, 9.17) is 4.99 Å². The van der Waals surface area contributed by atoms with Crippen molar-refractivity contribution >= 4 is 38.8 Å². The van der Waals surface area contributed by atoms with Crippen LogP contribution in [0.4, 0.5) is 5.69 Å². The standard InChI is InChI=1S/C22H14N2O2S/c1-24-19-17(27-22(24)23-13-7-3-2-4-8-13)12-11-16-18(19)21(26)15-10-6-5-9-14(15)20(16)25/h2-12H,1H3. The van der Waals surface area contributed by atoms with Crippen molar-refractivity contribution in [2.24, 2.45) is 12.0 Å². The zero-order chi connectivity index (χ0) is 18.5. The fraction of sp³-hybridized carbons (Fsp3) is 0.0455. The molecule has 0 amide bonds. The van der Waals surface area contributed by atoms with Crippen LogP contribution in [0.2, 0.25) is 0 Å². The number of para-hydroxylation sites is 1.